The van der Waals surface area contributed by atoms with Crippen molar-refractivity contribution in [2.45, 2.75) is 44.9 Å². The molecule has 0 spiro atoms. The largest absolute Gasteiger partial charge is 0.416 e. The molecule has 1 rings (SSSR count). The van der Waals surface area contributed by atoms with Gasteiger partial charge in [-0.25, -0.2) is 0 Å². The molecule has 0 bridgehead atoms. The Bertz CT molecular complexity index is 420. The maximum absolute atomic E-state index is 12.7. The molecular formula is C15H22F3NO. The Morgan fingerprint density at radius 3 is 2.45 bits per heavy atom. The fourth-order valence-corrected chi connectivity index (χ4v) is 2.44. The van der Waals surface area contributed by atoms with Gasteiger partial charge in [-0.15, -0.1) is 0 Å². The summed E-state index contributed by atoms with van der Waals surface area (Å²) in [5, 5.41) is 10.3. The van der Waals surface area contributed by atoms with Crippen molar-refractivity contribution in [3.63, 3.8) is 0 Å². The average molecular weight is 289 g/mol. The minimum absolute atomic E-state index is 0.00286. The van der Waals surface area contributed by atoms with E-state index in [2.05, 4.69) is 0 Å². The number of hydrogen-bond donors (Lipinski definition) is 2. The molecule has 0 aliphatic heterocycles. The van der Waals surface area contributed by atoms with Gasteiger partial charge < -0.3 is 10.8 Å². The zero-order valence-electron chi connectivity index (χ0n) is 11.8. The highest BCUT2D eigenvalue weighted by molar-refractivity contribution is 5.29. The molecule has 3 unspecified atom stereocenters. The van der Waals surface area contributed by atoms with E-state index in [1.54, 1.807) is 6.07 Å². The van der Waals surface area contributed by atoms with Crippen LogP contribution in [-0.2, 0) is 6.18 Å². The first-order valence-electron chi connectivity index (χ1n) is 6.86. The zero-order chi connectivity index (χ0) is 15.3. The first-order valence-corrected chi connectivity index (χ1v) is 6.86. The highest BCUT2D eigenvalue weighted by Crippen LogP contribution is 2.33. The summed E-state index contributed by atoms with van der Waals surface area (Å²) in [4.78, 5) is 0. The second-order valence-corrected chi connectivity index (χ2v) is 5.22. The summed E-state index contributed by atoms with van der Waals surface area (Å²) < 4.78 is 38.2. The molecular weight excluding hydrogens is 267 g/mol. The Morgan fingerprint density at radius 1 is 1.30 bits per heavy atom. The van der Waals surface area contributed by atoms with Crippen molar-refractivity contribution in [1.82, 2.24) is 0 Å². The predicted octanol–water partition coefficient (Wildman–Crippen LogP) is 3.54. The summed E-state index contributed by atoms with van der Waals surface area (Å²) in [6, 6.07) is 5.06. The van der Waals surface area contributed by atoms with Gasteiger partial charge in [-0.2, -0.15) is 13.2 Å². The Hall–Kier alpha value is -1.07. The van der Waals surface area contributed by atoms with Gasteiger partial charge in [0.05, 0.1) is 11.7 Å². The van der Waals surface area contributed by atoms with Gasteiger partial charge in [0, 0.05) is 12.5 Å². The van der Waals surface area contributed by atoms with Crippen LogP contribution in [0.2, 0.25) is 0 Å². The summed E-state index contributed by atoms with van der Waals surface area (Å²) in [7, 11) is 0. The normalized spacial score (nSPS) is 16.8. The van der Waals surface area contributed by atoms with Gasteiger partial charge in [0.2, 0.25) is 0 Å². The van der Waals surface area contributed by atoms with E-state index in [-0.39, 0.29) is 12.5 Å². The lowest BCUT2D eigenvalue weighted by molar-refractivity contribution is -0.137. The van der Waals surface area contributed by atoms with Crippen LogP contribution in [0.4, 0.5) is 13.2 Å². The molecule has 0 aliphatic carbocycles. The van der Waals surface area contributed by atoms with Gasteiger partial charge in [-0.05, 0) is 24.0 Å². The quantitative estimate of drug-likeness (QED) is 0.841. The molecule has 0 amide bonds. The maximum Gasteiger partial charge on any atom is 0.416 e. The highest BCUT2D eigenvalue weighted by atomic mass is 19.4. The van der Waals surface area contributed by atoms with Crippen molar-refractivity contribution < 1.29 is 18.3 Å². The van der Waals surface area contributed by atoms with E-state index in [1.807, 2.05) is 13.8 Å². The third-order valence-electron chi connectivity index (χ3n) is 3.64. The fourth-order valence-electron chi connectivity index (χ4n) is 2.44. The average Bonchev–Trinajstić information content (AvgIpc) is 2.39. The van der Waals surface area contributed by atoms with E-state index in [9.17, 15) is 18.3 Å². The van der Waals surface area contributed by atoms with Crippen LogP contribution in [0, 0.1) is 5.92 Å². The fraction of sp³-hybridized carbons (Fsp3) is 0.600. The predicted molar refractivity (Wildman–Crippen MR) is 73.3 cm³/mol. The molecule has 3 atom stereocenters. The van der Waals surface area contributed by atoms with Gasteiger partial charge in [0.25, 0.3) is 0 Å². The van der Waals surface area contributed by atoms with Crippen LogP contribution < -0.4 is 5.73 Å². The van der Waals surface area contributed by atoms with E-state index >= 15 is 0 Å². The molecule has 0 saturated heterocycles. The summed E-state index contributed by atoms with van der Waals surface area (Å²) >= 11 is 0. The standard InChI is InChI=1S/C15H22F3NO/c1-3-5-10(2)14(20)13(9-19)11-6-4-7-12(8-11)15(16,17)18/h4,6-8,10,13-14,20H,3,5,9,19H2,1-2H3. The zero-order valence-corrected chi connectivity index (χ0v) is 11.8. The topological polar surface area (TPSA) is 46.2 Å². The Morgan fingerprint density at radius 2 is 1.95 bits per heavy atom. The first kappa shape index (κ1) is 17.0. The minimum Gasteiger partial charge on any atom is -0.392 e. The van der Waals surface area contributed by atoms with Crippen molar-refractivity contribution in [2.24, 2.45) is 11.7 Å². The molecule has 0 radical (unpaired) electrons. The summed E-state index contributed by atoms with van der Waals surface area (Å²) in [5.41, 5.74) is 5.40. The molecule has 0 fully saturated rings. The molecule has 0 saturated carbocycles. The molecule has 0 aromatic heterocycles. The third-order valence-corrected chi connectivity index (χ3v) is 3.64. The molecule has 1 aromatic carbocycles. The lowest BCUT2D eigenvalue weighted by Gasteiger charge is -2.27. The van der Waals surface area contributed by atoms with Gasteiger partial charge in [0.15, 0.2) is 0 Å². The smallest absolute Gasteiger partial charge is 0.392 e. The number of aliphatic hydroxyl groups excluding tert-OH is 1. The SMILES string of the molecule is CCCC(C)C(O)C(CN)c1cccc(C(F)(F)F)c1. The van der Waals surface area contributed by atoms with E-state index < -0.39 is 23.8 Å². The summed E-state index contributed by atoms with van der Waals surface area (Å²) in [6.07, 6.45) is -3.38. The van der Waals surface area contributed by atoms with Crippen molar-refractivity contribution in [3.8, 4) is 0 Å². The second kappa shape index (κ2) is 7.09. The number of rotatable bonds is 6. The molecule has 20 heavy (non-hydrogen) atoms. The number of aliphatic hydroxyl groups is 1. The molecule has 114 valence electrons. The molecule has 5 heteroatoms. The van der Waals surface area contributed by atoms with Crippen LogP contribution in [0.3, 0.4) is 0 Å². The summed E-state index contributed by atoms with van der Waals surface area (Å²) in [5.74, 6) is -0.470. The van der Waals surface area contributed by atoms with Crippen molar-refractivity contribution in [3.05, 3.63) is 35.4 Å². The van der Waals surface area contributed by atoms with Crippen LogP contribution in [0.1, 0.15) is 43.7 Å². The van der Waals surface area contributed by atoms with Crippen molar-refractivity contribution >= 4 is 0 Å². The minimum atomic E-state index is -4.38. The van der Waals surface area contributed by atoms with Crippen LogP contribution in [0.5, 0.6) is 0 Å². The van der Waals surface area contributed by atoms with Crippen LogP contribution in [0.15, 0.2) is 24.3 Å². The Balaban J connectivity index is 3.01. The highest BCUT2D eigenvalue weighted by Gasteiger charge is 2.32. The van der Waals surface area contributed by atoms with Crippen molar-refractivity contribution in [1.29, 1.82) is 0 Å². The third kappa shape index (κ3) is 4.21. The number of halogens is 3. The van der Waals surface area contributed by atoms with E-state index in [0.717, 1.165) is 25.0 Å². The Kier molecular flexibility index (Phi) is 6.02. The molecule has 0 heterocycles. The number of benzene rings is 1. The lowest BCUT2D eigenvalue weighted by Crippen LogP contribution is -2.31. The second-order valence-electron chi connectivity index (χ2n) is 5.22. The van der Waals surface area contributed by atoms with Gasteiger partial charge in [0.1, 0.15) is 0 Å². The number of nitrogens with two attached hydrogens (primary N) is 1. The monoisotopic (exact) mass is 289 g/mol. The number of alkyl halides is 3. The molecule has 2 nitrogen and oxygen atoms in total. The van der Waals surface area contributed by atoms with Gasteiger partial charge >= 0.3 is 6.18 Å². The molecule has 3 N–H and O–H groups in total. The summed E-state index contributed by atoms with van der Waals surface area (Å²) in [6.45, 7) is 4.02. The lowest BCUT2D eigenvalue weighted by atomic mass is 9.84. The van der Waals surface area contributed by atoms with Crippen LogP contribution >= 0.6 is 0 Å². The molecule has 0 aliphatic rings. The van der Waals surface area contributed by atoms with Crippen LogP contribution in [-0.4, -0.2) is 17.8 Å². The van der Waals surface area contributed by atoms with E-state index in [0.29, 0.717) is 5.56 Å². The van der Waals surface area contributed by atoms with Crippen LogP contribution in [0.25, 0.3) is 0 Å². The number of hydrogen-bond acceptors (Lipinski definition) is 2. The Labute approximate surface area is 117 Å². The first-order chi connectivity index (χ1) is 9.31. The molecule has 1 aromatic rings. The van der Waals surface area contributed by atoms with Gasteiger partial charge in [-0.3, -0.25) is 0 Å². The van der Waals surface area contributed by atoms with E-state index in [1.165, 1.54) is 6.07 Å². The maximum atomic E-state index is 12.7. The van der Waals surface area contributed by atoms with Gasteiger partial charge in [-0.1, -0.05) is 38.5 Å². The van der Waals surface area contributed by atoms with Crippen molar-refractivity contribution in [2.75, 3.05) is 6.54 Å². The van der Waals surface area contributed by atoms with E-state index in [4.69, 9.17) is 5.73 Å².